The minimum absolute atomic E-state index is 0.724. The number of hydrogen-bond donors (Lipinski definition) is 1. The third-order valence-corrected chi connectivity index (χ3v) is 4.90. The summed E-state index contributed by atoms with van der Waals surface area (Å²) >= 11 is 0. The highest BCUT2D eigenvalue weighted by atomic mass is 14.9. The zero-order chi connectivity index (χ0) is 10.7. The van der Waals surface area contributed by atoms with Crippen LogP contribution in [0.4, 0.5) is 0 Å². The van der Waals surface area contributed by atoms with Gasteiger partial charge in [-0.3, -0.25) is 0 Å². The number of hydrogen-bond acceptors (Lipinski definition) is 1. The summed E-state index contributed by atoms with van der Waals surface area (Å²) in [4.78, 5) is 0. The molecule has 2 fully saturated rings. The molecule has 1 N–H and O–H groups in total. The van der Waals surface area contributed by atoms with Gasteiger partial charge in [0.05, 0.1) is 0 Å². The molecular formula is C14H27N. The molecule has 0 aliphatic heterocycles. The van der Waals surface area contributed by atoms with E-state index in [1.807, 2.05) is 0 Å². The first-order valence-electron chi connectivity index (χ1n) is 7.01. The predicted molar refractivity (Wildman–Crippen MR) is 66.0 cm³/mol. The Balaban J connectivity index is 1.64. The van der Waals surface area contributed by atoms with Gasteiger partial charge in [0.25, 0.3) is 0 Å². The summed E-state index contributed by atoms with van der Waals surface area (Å²) in [6, 6.07) is 0.844. The van der Waals surface area contributed by atoms with Crippen molar-refractivity contribution in [1.29, 1.82) is 0 Å². The Labute approximate surface area is 95.0 Å². The SMILES string of the molecule is CCC1CCC(NCC2(CC)CC2)CC1. The minimum Gasteiger partial charge on any atom is -0.313 e. The maximum absolute atomic E-state index is 3.82. The van der Waals surface area contributed by atoms with Gasteiger partial charge < -0.3 is 5.32 Å². The van der Waals surface area contributed by atoms with Gasteiger partial charge >= 0.3 is 0 Å². The van der Waals surface area contributed by atoms with Crippen molar-refractivity contribution in [3.8, 4) is 0 Å². The molecule has 0 unspecified atom stereocenters. The van der Waals surface area contributed by atoms with Crippen molar-refractivity contribution in [1.82, 2.24) is 5.32 Å². The average molecular weight is 209 g/mol. The Bertz CT molecular complexity index is 188. The average Bonchev–Trinajstić information content (AvgIpc) is 3.08. The van der Waals surface area contributed by atoms with E-state index in [0.717, 1.165) is 17.4 Å². The highest BCUT2D eigenvalue weighted by Crippen LogP contribution is 2.48. The molecule has 0 atom stereocenters. The smallest absolute Gasteiger partial charge is 0.00674 e. The monoisotopic (exact) mass is 209 g/mol. The molecular weight excluding hydrogens is 182 g/mol. The van der Waals surface area contributed by atoms with E-state index in [4.69, 9.17) is 0 Å². The van der Waals surface area contributed by atoms with E-state index in [9.17, 15) is 0 Å². The van der Waals surface area contributed by atoms with Crippen molar-refractivity contribution in [2.45, 2.75) is 71.3 Å². The maximum Gasteiger partial charge on any atom is 0.00674 e. The van der Waals surface area contributed by atoms with E-state index in [1.54, 1.807) is 0 Å². The lowest BCUT2D eigenvalue weighted by Crippen LogP contribution is -2.36. The molecule has 2 aliphatic carbocycles. The van der Waals surface area contributed by atoms with E-state index < -0.39 is 0 Å². The van der Waals surface area contributed by atoms with E-state index in [0.29, 0.717) is 0 Å². The molecule has 0 aromatic carbocycles. The van der Waals surface area contributed by atoms with Crippen molar-refractivity contribution in [2.75, 3.05) is 6.54 Å². The number of nitrogens with one attached hydrogen (secondary N) is 1. The molecule has 0 radical (unpaired) electrons. The van der Waals surface area contributed by atoms with Crippen LogP contribution in [0.1, 0.15) is 65.2 Å². The second-order valence-corrected chi connectivity index (χ2v) is 5.86. The van der Waals surface area contributed by atoms with Gasteiger partial charge in [-0.15, -0.1) is 0 Å². The molecule has 1 heteroatoms. The molecule has 0 spiro atoms. The predicted octanol–water partition coefficient (Wildman–Crippen LogP) is 3.74. The Morgan fingerprint density at radius 2 is 1.73 bits per heavy atom. The summed E-state index contributed by atoms with van der Waals surface area (Å²) in [6.07, 6.45) is 11.5. The normalized spacial score (nSPS) is 34.0. The second-order valence-electron chi connectivity index (χ2n) is 5.86. The molecule has 15 heavy (non-hydrogen) atoms. The second kappa shape index (κ2) is 4.86. The highest BCUT2D eigenvalue weighted by Gasteiger charge is 2.40. The summed E-state index contributed by atoms with van der Waals surface area (Å²) in [5, 5.41) is 3.82. The van der Waals surface area contributed by atoms with Crippen molar-refractivity contribution in [2.24, 2.45) is 11.3 Å². The molecule has 0 heterocycles. The first-order valence-corrected chi connectivity index (χ1v) is 7.01. The molecule has 88 valence electrons. The van der Waals surface area contributed by atoms with Crippen molar-refractivity contribution in [3.05, 3.63) is 0 Å². The van der Waals surface area contributed by atoms with Crippen molar-refractivity contribution in [3.63, 3.8) is 0 Å². The summed E-state index contributed by atoms with van der Waals surface area (Å²) in [6.45, 7) is 5.99. The van der Waals surface area contributed by atoms with E-state index in [-0.39, 0.29) is 0 Å². The van der Waals surface area contributed by atoms with Gasteiger partial charge in [-0.2, -0.15) is 0 Å². The molecule has 2 saturated carbocycles. The van der Waals surface area contributed by atoms with E-state index in [2.05, 4.69) is 19.2 Å². The first kappa shape index (κ1) is 11.4. The van der Waals surface area contributed by atoms with Crippen molar-refractivity contribution < 1.29 is 0 Å². The topological polar surface area (TPSA) is 12.0 Å². The minimum atomic E-state index is 0.724. The zero-order valence-electron chi connectivity index (χ0n) is 10.5. The fourth-order valence-electron chi connectivity index (χ4n) is 2.97. The Morgan fingerprint density at radius 3 is 2.20 bits per heavy atom. The standard InChI is InChI=1S/C14H27N/c1-3-12-5-7-13(8-6-12)15-11-14(4-2)9-10-14/h12-13,15H,3-11H2,1-2H3. The van der Waals surface area contributed by atoms with Gasteiger partial charge in [0.2, 0.25) is 0 Å². The highest BCUT2D eigenvalue weighted by molar-refractivity contribution is 4.94. The lowest BCUT2D eigenvalue weighted by molar-refractivity contribution is 0.271. The van der Waals surface area contributed by atoms with Crippen LogP contribution >= 0.6 is 0 Å². The molecule has 1 nitrogen and oxygen atoms in total. The van der Waals surface area contributed by atoms with Gasteiger partial charge in [-0.1, -0.05) is 20.3 Å². The summed E-state index contributed by atoms with van der Waals surface area (Å²) in [7, 11) is 0. The van der Waals surface area contributed by atoms with Crippen LogP contribution < -0.4 is 5.32 Å². The fraction of sp³-hybridized carbons (Fsp3) is 1.00. The molecule has 0 saturated heterocycles. The van der Waals surface area contributed by atoms with Crippen LogP contribution in [0.5, 0.6) is 0 Å². The van der Waals surface area contributed by atoms with Gasteiger partial charge in [-0.05, 0) is 56.3 Å². The van der Waals surface area contributed by atoms with E-state index in [1.165, 1.54) is 57.9 Å². The lowest BCUT2D eigenvalue weighted by atomic mass is 9.84. The van der Waals surface area contributed by atoms with Crippen LogP contribution in [0, 0.1) is 11.3 Å². The number of rotatable bonds is 5. The quantitative estimate of drug-likeness (QED) is 0.727. The molecule has 0 aromatic heterocycles. The third kappa shape index (κ3) is 2.96. The molecule has 2 aliphatic rings. The van der Waals surface area contributed by atoms with Crippen molar-refractivity contribution >= 4 is 0 Å². The Morgan fingerprint density at radius 1 is 1.07 bits per heavy atom. The Hall–Kier alpha value is -0.0400. The largest absolute Gasteiger partial charge is 0.313 e. The van der Waals surface area contributed by atoms with E-state index >= 15 is 0 Å². The van der Waals surface area contributed by atoms with Gasteiger partial charge in [0.1, 0.15) is 0 Å². The Kier molecular flexibility index (Phi) is 3.71. The zero-order valence-corrected chi connectivity index (χ0v) is 10.5. The molecule has 0 aromatic rings. The van der Waals surface area contributed by atoms with Crippen LogP contribution in [0.2, 0.25) is 0 Å². The lowest BCUT2D eigenvalue weighted by Gasteiger charge is -2.29. The van der Waals surface area contributed by atoms with Gasteiger partial charge in [0, 0.05) is 12.6 Å². The maximum atomic E-state index is 3.82. The van der Waals surface area contributed by atoms with Crippen LogP contribution in [-0.2, 0) is 0 Å². The van der Waals surface area contributed by atoms with Crippen LogP contribution in [0.15, 0.2) is 0 Å². The summed E-state index contributed by atoms with van der Waals surface area (Å²) in [5.74, 6) is 1.03. The third-order valence-electron chi connectivity index (χ3n) is 4.90. The fourth-order valence-corrected chi connectivity index (χ4v) is 2.97. The van der Waals surface area contributed by atoms with Crippen LogP contribution in [0.25, 0.3) is 0 Å². The summed E-state index contributed by atoms with van der Waals surface area (Å²) < 4.78 is 0. The van der Waals surface area contributed by atoms with Crippen LogP contribution in [0.3, 0.4) is 0 Å². The first-order chi connectivity index (χ1) is 7.28. The van der Waals surface area contributed by atoms with Gasteiger partial charge in [-0.25, -0.2) is 0 Å². The van der Waals surface area contributed by atoms with Crippen LogP contribution in [-0.4, -0.2) is 12.6 Å². The molecule has 0 amide bonds. The molecule has 2 rings (SSSR count). The molecule has 0 bridgehead atoms. The van der Waals surface area contributed by atoms with Gasteiger partial charge in [0.15, 0.2) is 0 Å². The summed E-state index contributed by atoms with van der Waals surface area (Å²) in [5.41, 5.74) is 0.724.